The summed E-state index contributed by atoms with van der Waals surface area (Å²) in [5, 5.41) is 0. The molecule has 4 rings (SSSR count). The Morgan fingerprint density at radius 2 is 1.58 bits per heavy atom. The molecule has 108 valence electrons. The summed E-state index contributed by atoms with van der Waals surface area (Å²) in [5.74, 6) is 0. The van der Waals surface area contributed by atoms with Crippen molar-refractivity contribution in [2.24, 2.45) is 0 Å². The molecular formula is C15H24O4. The maximum atomic E-state index is 6.09. The first-order valence-corrected chi connectivity index (χ1v) is 7.89. The molecule has 7 unspecified atom stereocenters. The summed E-state index contributed by atoms with van der Waals surface area (Å²) in [4.78, 5) is 0. The minimum Gasteiger partial charge on any atom is -0.373 e. The molecule has 2 saturated heterocycles. The van der Waals surface area contributed by atoms with E-state index in [0.29, 0.717) is 43.2 Å². The monoisotopic (exact) mass is 268 g/mol. The van der Waals surface area contributed by atoms with Gasteiger partial charge in [-0.2, -0.15) is 0 Å². The maximum Gasteiger partial charge on any atom is 0.110 e. The lowest BCUT2D eigenvalue weighted by molar-refractivity contribution is -0.0836. The van der Waals surface area contributed by atoms with Crippen LogP contribution in [0.15, 0.2) is 0 Å². The molecule has 0 spiro atoms. The van der Waals surface area contributed by atoms with Crippen LogP contribution in [0.4, 0.5) is 0 Å². The van der Waals surface area contributed by atoms with Crippen molar-refractivity contribution in [3.63, 3.8) is 0 Å². The number of hydrogen-bond donors (Lipinski definition) is 0. The molecule has 2 heterocycles. The number of rotatable bonds is 5. The normalized spacial score (nSPS) is 49.1. The van der Waals surface area contributed by atoms with Crippen LogP contribution in [0, 0.1) is 0 Å². The smallest absolute Gasteiger partial charge is 0.110 e. The molecule has 7 atom stereocenters. The second-order valence-electron chi connectivity index (χ2n) is 6.50. The summed E-state index contributed by atoms with van der Waals surface area (Å²) in [5.41, 5.74) is 0. The molecule has 4 fully saturated rings. The van der Waals surface area contributed by atoms with E-state index in [9.17, 15) is 0 Å². The highest BCUT2D eigenvalue weighted by molar-refractivity contribution is 4.97. The molecule has 0 amide bonds. The minimum atomic E-state index is 0.159. The second-order valence-corrected chi connectivity index (χ2v) is 6.50. The van der Waals surface area contributed by atoms with Gasteiger partial charge in [-0.3, -0.25) is 0 Å². The summed E-state index contributed by atoms with van der Waals surface area (Å²) in [6, 6.07) is 0. The predicted molar refractivity (Wildman–Crippen MR) is 69.1 cm³/mol. The molecule has 2 aliphatic heterocycles. The zero-order valence-corrected chi connectivity index (χ0v) is 11.6. The van der Waals surface area contributed by atoms with Gasteiger partial charge in [-0.15, -0.1) is 0 Å². The molecule has 0 aromatic rings. The van der Waals surface area contributed by atoms with Crippen molar-refractivity contribution in [2.45, 2.75) is 88.2 Å². The summed E-state index contributed by atoms with van der Waals surface area (Å²) in [7, 11) is 0. The van der Waals surface area contributed by atoms with E-state index in [-0.39, 0.29) is 6.10 Å². The summed E-state index contributed by atoms with van der Waals surface area (Å²) in [6.07, 6.45) is 9.71. The van der Waals surface area contributed by atoms with E-state index in [1.807, 2.05) is 0 Å². The summed E-state index contributed by atoms with van der Waals surface area (Å²) in [6.45, 7) is 2.80. The van der Waals surface area contributed by atoms with Crippen molar-refractivity contribution in [3.8, 4) is 0 Å². The zero-order valence-electron chi connectivity index (χ0n) is 11.6. The van der Waals surface area contributed by atoms with Crippen molar-refractivity contribution in [1.29, 1.82) is 0 Å². The lowest BCUT2D eigenvalue weighted by Gasteiger charge is -2.25. The van der Waals surface area contributed by atoms with Crippen molar-refractivity contribution in [2.75, 3.05) is 6.61 Å². The SMILES string of the molecule is CC(COC1CCCC2OC12)OC1CCCC2OC12. The third-order valence-electron chi connectivity index (χ3n) is 4.88. The van der Waals surface area contributed by atoms with E-state index in [2.05, 4.69) is 6.92 Å². The van der Waals surface area contributed by atoms with E-state index in [1.165, 1.54) is 25.7 Å². The summed E-state index contributed by atoms with van der Waals surface area (Å²) < 4.78 is 23.3. The van der Waals surface area contributed by atoms with Gasteiger partial charge in [-0.25, -0.2) is 0 Å². The van der Waals surface area contributed by atoms with Crippen LogP contribution in [-0.2, 0) is 18.9 Å². The van der Waals surface area contributed by atoms with Gasteiger partial charge in [0, 0.05) is 0 Å². The van der Waals surface area contributed by atoms with Crippen molar-refractivity contribution in [3.05, 3.63) is 0 Å². The Balaban J connectivity index is 1.20. The number of hydrogen-bond acceptors (Lipinski definition) is 4. The molecular weight excluding hydrogens is 244 g/mol. The molecule has 0 N–H and O–H groups in total. The Hall–Kier alpha value is -0.160. The Morgan fingerprint density at radius 1 is 0.947 bits per heavy atom. The van der Waals surface area contributed by atoms with Crippen molar-refractivity contribution < 1.29 is 18.9 Å². The third kappa shape index (κ3) is 2.68. The van der Waals surface area contributed by atoms with Crippen LogP contribution in [0.2, 0.25) is 0 Å². The van der Waals surface area contributed by atoms with Crippen LogP contribution in [-0.4, -0.2) is 49.3 Å². The molecule has 4 nitrogen and oxygen atoms in total. The number of fused-ring (bicyclic) bond motifs is 2. The molecule has 19 heavy (non-hydrogen) atoms. The van der Waals surface area contributed by atoms with E-state index in [1.54, 1.807) is 0 Å². The van der Waals surface area contributed by atoms with Gasteiger partial charge in [0.25, 0.3) is 0 Å². The first-order chi connectivity index (χ1) is 9.31. The van der Waals surface area contributed by atoms with E-state index in [0.717, 1.165) is 12.8 Å². The van der Waals surface area contributed by atoms with Crippen molar-refractivity contribution in [1.82, 2.24) is 0 Å². The molecule has 0 radical (unpaired) electrons. The highest BCUT2D eigenvalue weighted by Gasteiger charge is 2.49. The lowest BCUT2D eigenvalue weighted by Crippen LogP contribution is -2.33. The van der Waals surface area contributed by atoms with Crippen LogP contribution < -0.4 is 0 Å². The molecule has 4 aliphatic rings. The molecule has 2 aliphatic carbocycles. The second kappa shape index (κ2) is 4.99. The predicted octanol–water partition coefficient (Wildman–Crippen LogP) is 2.05. The average Bonchev–Trinajstić information content (AvgIpc) is 3.27. The Labute approximate surface area is 114 Å². The molecule has 0 aromatic carbocycles. The fourth-order valence-electron chi connectivity index (χ4n) is 3.72. The Bertz CT molecular complexity index is 334. The fraction of sp³-hybridized carbons (Fsp3) is 1.00. The van der Waals surface area contributed by atoms with E-state index in [4.69, 9.17) is 18.9 Å². The summed E-state index contributed by atoms with van der Waals surface area (Å²) >= 11 is 0. The highest BCUT2D eigenvalue weighted by Crippen LogP contribution is 2.39. The topological polar surface area (TPSA) is 43.5 Å². The van der Waals surface area contributed by atoms with Gasteiger partial charge in [0.1, 0.15) is 12.2 Å². The van der Waals surface area contributed by atoms with Crippen LogP contribution in [0.1, 0.15) is 45.4 Å². The van der Waals surface area contributed by atoms with Crippen molar-refractivity contribution >= 4 is 0 Å². The largest absolute Gasteiger partial charge is 0.373 e. The average molecular weight is 268 g/mol. The fourth-order valence-corrected chi connectivity index (χ4v) is 3.72. The number of epoxide rings is 2. The quantitative estimate of drug-likeness (QED) is 0.716. The van der Waals surface area contributed by atoms with Crippen LogP contribution >= 0.6 is 0 Å². The zero-order chi connectivity index (χ0) is 12.8. The van der Waals surface area contributed by atoms with Crippen LogP contribution in [0.25, 0.3) is 0 Å². The van der Waals surface area contributed by atoms with Gasteiger partial charge in [0.05, 0.1) is 37.1 Å². The molecule has 2 saturated carbocycles. The molecule has 0 aromatic heterocycles. The van der Waals surface area contributed by atoms with E-state index < -0.39 is 0 Å². The third-order valence-corrected chi connectivity index (χ3v) is 4.88. The molecule has 0 bridgehead atoms. The Kier molecular flexibility index (Phi) is 3.30. The van der Waals surface area contributed by atoms with Gasteiger partial charge in [-0.05, 0) is 45.4 Å². The molecule has 4 heteroatoms. The van der Waals surface area contributed by atoms with Gasteiger partial charge < -0.3 is 18.9 Å². The first-order valence-electron chi connectivity index (χ1n) is 7.89. The van der Waals surface area contributed by atoms with Gasteiger partial charge in [-0.1, -0.05) is 0 Å². The first kappa shape index (κ1) is 12.6. The van der Waals surface area contributed by atoms with Gasteiger partial charge in [0.2, 0.25) is 0 Å². The van der Waals surface area contributed by atoms with Gasteiger partial charge in [0.15, 0.2) is 0 Å². The highest BCUT2D eigenvalue weighted by atomic mass is 16.6. The Morgan fingerprint density at radius 3 is 2.32 bits per heavy atom. The maximum absolute atomic E-state index is 6.09. The van der Waals surface area contributed by atoms with Crippen LogP contribution in [0.5, 0.6) is 0 Å². The lowest BCUT2D eigenvalue weighted by atomic mass is 9.97. The van der Waals surface area contributed by atoms with Crippen LogP contribution in [0.3, 0.4) is 0 Å². The number of ether oxygens (including phenoxy) is 4. The minimum absolute atomic E-state index is 0.159. The van der Waals surface area contributed by atoms with Gasteiger partial charge >= 0.3 is 0 Å². The van der Waals surface area contributed by atoms with E-state index >= 15 is 0 Å². The standard InChI is InChI=1S/C15H24O4/c1-9(17-11-5-3-7-13-15(11)19-13)8-16-10-4-2-6-12-14(10)18-12/h9-15H,2-8H2,1H3.